The number of halogens is 1. The van der Waals surface area contributed by atoms with E-state index in [0.717, 1.165) is 12.1 Å². The third-order valence-corrected chi connectivity index (χ3v) is 2.95. The Morgan fingerprint density at radius 1 is 1.04 bits per heavy atom. The van der Waals surface area contributed by atoms with Crippen LogP contribution in [0.1, 0.15) is 21.5 Å². The fraction of sp³-hybridized carbons (Fsp3) is 0.0588. The largest absolute Gasteiger partial charge is 0.452 e. The Kier molecular flexibility index (Phi) is 5.22. The van der Waals surface area contributed by atoms with Gasteiger partial charge in [-0.3, -0.25) is 4.79 Å². The lowest BCUT2D eigenvalue weighted by atomic mass is 10.1. The van der Waals surface area contributed by atoms with Crippen molar-refractivity contribution in [2.75, 3.05) is 11.9 Å². The summed E-state index contributed by atoms with van der Waals surface area (Å²) in [6.45, 7) is -0.599. The molecule has 0 bridgehead atoms. The third-order valence-electron chi connectivity index (χ3n) is 2.95. The standard InChI is InChI=1S/C17H10FN3O3/c18-15-7-12(9-20)3-6-14(15)17(23)24-10-16(22)21-13-4-1-11(8-19)2-5-13/h1-7H,10H2,(H,21,22). The number of rotatable bonds is 4. The molecule has 24 heavy (non-hydrogen) atoms. The van der Waals surface area contributed by atoms with Crippen molar-refractivity contribution in [3.8, 4) is 12.1 Å². The summed E-state index contributed by atoms with van der Waals surface area (Å²) in [5.41, 5.74) is 0.582. The summed E-state index contributed by atoms with van der Waals surface area (Å²) in [5, 5.41) is 19.8. The SMILES string of the molecule is N#Cc1ccc(NC(=O)COC(=O)c2ccc(C#N)cc2F)cc1. The Morgan fingerprint density at radius 2 is 1.67 bits per heavy atom. The number of nitriles is 2. The van der Waals surface area contributed by atoms with Crippen LogP contribution in [0.3, 0.4) is 0 Å². The smallest absolute Gasteiger partial charge is 0.341 e. The van der Waals surface area contributed by atoms with Gasteiger partial charge < -0.3 is 10.1 Å². The van der Waals surface area contributed by atoms with Crippen LogP contribution >= 0.6 is 0 Å². The second-order valence-electron chi connectivity index (χ2n) is 4.62. The number of nitrogens with one attached hydrogen (secondary N) is 1. The van der Waals surface area contributed by atoms with Gasteiger partial charge >= 0.3 is 5.97 Å². The van der Waals surface area contributed by atoms with Crippen LogP contribution in [0, 0.1) is 28.5 Å². The van der Waals surface area contributed by atoms with E-state index in [4.69, 9.17) is 15.3 Å². The highest BCUT2D eigenvalue weighted by molar-refractivity contribution is 5.95. The van der Waals surface area contributed by atoms with Crippen LogP contribution in [-0.2, 0) is 9.53 Å². The van der Waals surface area contributed by atoms with E-state index >= 15 is 0 Å². The van der Waals surface area contributed by atoms with Crippen LogP contribution in [-0.4, -0.2) is 18.5 Å². The molecular formula is C17H10FN3O3. The van der Waals surface area contributed by atoms with Gasteiger partial charge in [-0.25, -0.2) is 9.18 Å². The van der Waals surface area contributed by atoms with Crippen LogP contribution < -0.4 is 5.32 Å². The van der Waals surface area contributed by atoms with Gasteiger partial charge in [0.15, 0.2) is 6.61 Å². The maximum absolute atomic E-state index is 13.7. The van der Waals surface area contributed by atoms with Crippen LogP contribution in [0.5, 0.6) is 0 Å². The van der Waals surface area contributed by atoms with Gasteiger partial charge in [-0.1, -0.05) is 0 Å². The fourth-order valence-electron chi connectivity index (χ4n) is 1.78. The van der Waals surface area contributed by atoms with E-state index in [1.807, 2.05) is 6.07 Å². The minimum absolute atomic E-state index is 0.0719. The van der Waals surface area contributed by atoms with E-state index in [9.17, 15) is 14.0 Å². The zero-order valence-corrected chi connectivity index (χ0v) is 12.2. The van der Waals surface area contributed by atoms with Crippen molar-refractivity contribution in [1.29, 1.82) is 10.5 Å². The predicted molar refractivity (Wildman–Crippen MR) is 81.2 cm³/mol. The summed E-state index contributed by atoms with van der Waals surface area (Å²) in [6.07, 6.45) is 0. The van der Waals surface area contributed by atoms with Gasteiger partial charge in [-0.05, 0) is 42.5 Å². The van der Waals surface area contributed by atoms with Crippen LogP contribution in [0.4, 0.5) is 10.1 Å². The first kappa shape index (κ1) is 16.7. The highest BCUT2D eigenvalue weighted by atomic mass is 19.1. The van der Waals surface area contributed by atoms with Gasteiger partial charge in [0.1, 0.15) is 5.82 Å². The monoisotopic (exact) mass is 323 g/mol. The van der Waals surface area contributed by atoms with Crippen molar-refractivity contribution in [2.45, 2.75) is 0 Å². The molecule has 0 spiro atoms. The lowest BCUT2D eigenvalue weighted by molar-refractivity contribution is -0.119. The molecule has 0 aromatic heterocycles. The summed E-state index contributed by atoms with van der Waals surface area (Å²) in [5.74, 6) is -2.51. The number of hydrogen-bond acceptors (Lipinski definition) is 5. The molecule has 0 saturated heterocycles. The van der Waals surface area contributed by atoms with E-state index in [1.54, 1.807) is 6.07 Å². The molecule has 0 radical (unpaired) electrons. The number of nitrogens with zero attached hydrogens (tertiary/aromatic N) is 2. The lowest BCUT2D eigenvalue weighted by Gasteiger charge is -2.07. The summed E-state index contributed by atoms with van der Waals surface area (Å²) in [7, 11) is 0. The highest BCUT2D eigenvalue weighted by Gasteiger charge is 2.15. The number of amides is 1. The van der Waals surface area contributed by atoms with Crippen molar-refractivity contribution < 1.29 is 18.7 Å². The predicted octanol–water partition coefficient (Wildman–Crippen LogP) is 2.36. The second-order valence-corrected chi connectivity index (χ2v) is 4.62. The molecule has 2 rings (SSSR count). The number of anilines is 1. The Labute approximate surface area is 136 Å². The van der Waals surface area contributed by atoms with E-state index in [2.05, 4.69) is 5.32 Å². The molecule has 1 amide bonds. The van der Waals surface area contributed by atoms with E-state index in [1.165, 1.54) is 30.3 Å². The Balaban J connectivity index is 1.92. The summed E-state index contributed by atoms with van der Waals surface area (Å²) in [6, 6.07) is 13.1. The molecule has 118 valence electrons. The second kappa shape index (κ2) is 7.52. The minimum atomic E-state index is -1.01. The molecule has 7 heteroatoms. The maximum Gasteiger partial charge on any atom is 0.341 e. The van der Waals surface area contributed by atoms with Crippen LogP contribution in [0.25, 0.3) is 0 Å². The van der Waals surface area contributed by atoms with Crippen molar-refractivity contribution in [3.05, 3.63) is 65.0 Å². The molecule has 1 N–H and O–H groups in total. The number of carbonyl (C=O) groups is 2. The molecule has 0 aliphatic carbocycles. The number of carbonyl (C=O) groups excluding carboxylic acids is 2. The van der Waals surface area contributed by atoms with Crippen molar-refractivity contribution in [2.24, 2.45) is 0 Å². The molecule has 6 nitrogen and oxygen atoms in total. The highest BCUT2D eigenvalue weighted by Crippen LogP contribution is 2.12. The molecule has 0 heterocycles. The normalized spacial score (nSPS) is 9.46. The first-order valence-corrected chi connectivity index (χ1v) is 6.70. The molecule has 0 unspecified atom stereocenters. The van der Waals surface area contributed by atoms with E-state index < -0.39 is 24.3 Å². The summed E-state index contributed by atoms with van der Waals surface area (Å²) >= 11 is 0. The van der Waals surface area contributed by atoms with E-state index in [0.29, 0.717) is 11.3 Å². The molecule has 2 aromatic carbocycles. The van der Waals surface area contributed by atoms with Crippen molar-refractivity contribution >= 4 is 17.6 Å². The first-order chi connectivity index (χ1) is 11.5. The maximum atomic E-state index is 13.7. The van der Waals surface area contributed by atoms with Gasteiger partial charge in [0.2, 0.25) is 0 Å². The number of ether oxygens (including phenoxy) is 1. The van der Waals surface area contributed by atoms with Crippen LogP contribution in [0.2, 0.25) is 0 Å². The van der Waals surface area contributed by atoms with Crippen LogP contribution in [0.15, 0.2) is 42.5 Å². The molecule has 0 fully saturated rings. The average molecular weight is 323 g/mol. The fourth-order valence-corrected chi connectivity index (χ4v) is 1.78. The van der Waals surface area contributed by atoms with Gasteiger partial charge in [0, 0.05) is 5.69 Å². The zero-order valence-electron chi connectivity index (χ0n) is 12.2. The van der Waals surface area contributed by atoms with E-state index in [-0.39, 0.29) is 11.1 Å². The third kappa shape index (κ3) is 4.15. The van der Waals surface area contributed by atoms with Gasteiger partial charge in [0.25, 0.3) is 5.91 Å². The Bertz CT molecular complexity index is 864. The van der Waals surface area contributed by atoms with Crippen molar-refractivity contribution in [1.82, 2.24) is 0 Å². The average Bonchev–Trinajstić information content (AvgIpc) is 2.60. The molecule has 0 saturated carbocycles. The number of benzene rings is 2. The lowest BCUT2D eigenvalue weighted by Crippen LogP contribution is -2.21. The Morgan fingerprint density at radius 3 is 2.25 bits per heavy atom. The topological polar surface area (TPSA) is 103 Å². The molecule has 2 aromatic rings. The van der Waals surface area contributed by atoms with Gasteiger partial charge in [0.05, 0.1) is 28.8 Å². The van der Waals surface area contributed by atoms with Gasteiger partial charge in [-0.15, -0.1) is 0 Å². The molecular weight excluding hydrogens is 313 g/mol. The molecule has 0 aliphatic heterocycles. The number of hydrogen-bond donors (Lipinski definition) is 1. The number of esters is 1. The zero-order chi connectivity index (χ0) is 17.5. The van der Waals surface area contributed by atoms with Crippen molar-refractivity contribution in [3.63, 3.8) is 0 Å². The quantitative estimate of drug-likeness (QED) is 0.870. The molecule has 0 aliphatic rings. The summed E-state index contributed by atoms with van der Waals surface area (Å²) < 4.78 is 18.4. The molecule has 0 atom stereocenters. The van der Waals surface area contributed by atoms with Gasteiger partial charge in [-0.2, -0.15) is 10.5 Å². The minimum Gasteiger partial charge on any atom is -0.452 e. The first-order valence-electron chi connectivity index (χ1n) is 6.70. The summed E-state index contributed by atoms with van der Waals surface area (Å²) in [4.78, 5) is 23.4. The Hall–Kier alpha value is -3.71.